The van der Waals surface area contributed by atoms with E-state index >= 15 is 0 Å². The van der Waals surface area contributed by atoms with Gasteiger partial charge in [-0.15, -0.1) is 10.2 Å². The van der Waals surface area contributed by atoms with E-state index in [9.17, 15) is 4.79 Å². The molecule has 25 heavy (non-hydrogen) atoms. The summed E-state index contributed by atoms with van der Waals surface area (Å²) in [7, 11) is 0. The highest BCUT2D eigenvalue weighted by Crippen LogP contribution is 2.30. The lowest BCUT2D eigenvalue weighted by Gasteiger charge is -2.15. The lowest BCUT2D eigenvalue weighted by atomic mass is 9.92. The molecule has 0 saturated heterocycles. The number of hydrogen-bond donors (Lipinski definition) is 0. The molecule has 128 valence electrons. The summed E-state index contributed by atoms with van der Waals surface area (Å²) in [5.74, 6) is 1.25. The van der Waals surface area contributed by atoms with Crippen LogP contribution in [0.15, 0.2) is 40.2 Å². The van der Waals surface area contributed by atoms with Crippen molar-refractivity contribution in [3.63, 3.8) is 0 Å². The van der Waals surface area contributed by atoms with E-state index in [-0.39, 0.29) is 5.78 Å². The molecule has 0 fully saturated rings. The van der Waals surface area contributed by atoms with Gasteiger partial charge in [0.05, 0.1) is 0 Å². The highest BCUT2D eigenvalue weighted by Gasteiger charge is 2.16. The molecule has 3 rings (SSSR count). The maximum absolute atomic E-state index is 11.9. The monoisotopic (exact) mass is 353 g/mol. The fraction of sp³-hybridized carbons (Fsp3) is 0.263. The molecule has 2 heterocycles. The molecule has 5 nitrogen and oxygen atoms in total. The molecule has 0 aliphatic rings. The zero-order valence-electron chi connectivity index (χ0n) is 14.7. The number of benzene rings is 1. The fourth-order valence-electron chi connectivity index (χ4n) is 3.00. The van der Waals surface area contributed by atoms with Gasteiger partial charge in [0, 0.05) is 29.3 Å². The number of ketones is 1. The number of aryl methyl sites for hydroxylation is 2. The number of carbonyl (C=O) groups excluding carboxylic acids is 1. The van der Waals surface area contributed by atoms with Crippen molar-refractivity contribution in [3.05, 3.63) is 58.4 Å². The predicted molar refractivity (Wildman–Crippen MR) is 97.7 cm³/mol. The first kappa shape index (κ1) is 17.4. The average Bonchev–Trinajstić information content (AvgIpc) is 3.03. The zero-order chi connectivity index (χ0) is 18.0. The van der Waals surface area contributed by atoms with Gasteiger partial charge in [0.15, 0.2) is 5.78 Å². The molecular formula is C19H19N3O2S. The Labute approximate surface area is 150 Å². The van der Waals surface area contributed by atoms with Crippen LogP contribution in [-0.4, -0.2) is 21.0 Å². The number of thioether (sulfide) groups is 1. The molecule has 6 heteroatoms. The number of nitrogens with zero attached hydrogens (tertiary/aromatic N) is 3. The molecule has 2 aromatic heterocycles. The van der Waals surface area contributed by atoms with Crippen molar-refractivity contribution in [2.75, 3.05) is 0 Å². The minimum absolute atomic E-state index is 0.0963. The number of hydrogen-bond acceptors (Lipinski definition) is 6. The second kappa shape index (κ2) is 7.19. The van der Waals surface area contributed by atoms with E-state index in [4.69, 9.17) is 4.42 Å². The lowest BCUT2D eigenvalue weighted by molar-refractivity contribution is 0.101. The molecule has 0 atom stereocenters. The summed E-state index contributed by atoms with van der Waals surface area (Å²) in [5.41, 5.74) is 6.02. The van der Waals surface area contributed by atoms with E-state index in [1.807, 2.05) is 26.0 Å². The molecule has 0 aliphatic carbocycles. The summed E-state index contributed by atoms with van der Waals surface area (Å²) in [5, 5.41) is 8.69. The molecule has 3 aromatic rings. The van der Waals surface area contributed by atoms with Crippen LogP contribution in [0.1, 0.15) is 39.5 Å². The van der Waals surface area contributed by atoms with E-state index in [2.05, 4.69) is 28.2 Å². The van der Waals surface area contributed by atoms with Crippen molar-refractivity contribution in [3.8, 4) is 11.5 Å². The largest absolute Gasteiger partial charge is 0.411 e. The summed E-state index contributed by atoms with van der Waals surface area (Å²) in [4.78, 5) is 15.9. The SMILES string of the molecule is CC(=O)c1c(C)cc(C)c(CSc2nnc(-c3ccncc3)o2)c1C. The Bertz CT molecular complexity index is 920. The van der Waals surface area contributed by atoms with Crippen molar-refractivity contribution < 1.29 is 9.21 Å². The number of rotatable bonds is 5. The van der Waals surface area contributed by atoms with Gasteiger partial charge in [-0.05, 0) is 62.1 Å². The second-order valence-corrected chi connectivity index (χ2v) is 6.87. The van der Waals surface area contributed by atoms with Crippen LogP contribution in [0.5, 0.6) is 0 Å². The van der Waals surface area contributed by atoms with Crippen LogP contribution < -0.4 is 0 Å². The normalized spacial score (nSPS) is 10.9. The van der Waals surface area contributed by atoms with Gasteiger partial charge in [-0.1, -0.05) is 17.8 Å². The molecule has 0 spiro atoms. The maximum Gasteiger partial charge on any atom is 0.277 e. The Morgan fingerprint density at radius 1 is 1.12 bits per heavy atom. The highest BCUT2D eigenvalue weighted by molar-refractivity contribution is 7.98. The smallest absolute Gasteiger partial charge is 0.277 e. The first-order valence-electron chi connectivity index (χ1n) is 7.94. The van der Waals surface area contributed by atoms with Crippen LogP contribution in [0.25, 0.3) is 11.5 Å². The van der Waals surface area contributed by atoms with E-state index in [1.165, 1.54) is 17.3 Å². The van der Waals surface area contributed by atoms with Crippen molar-refractivity contribution in [2.24, 2.45) is 0 Å². The van der Waals surface area contributed by atoms with Crippen LogP contribution in [0.3, 0.4) is 0 Å². The van der Waals surface area contributed by atoms with Gasteiger partial charge in [-0.3, -0.25) is 9.78 Å². The van der Waals surface area contributed by atoms with Gasteiger partial charge in [-0.25, -0.2) is 0 Å². The zero-order valence-corrected chi connectivity index (χ0v) is 15.5. The average molecular weight is 353 g/mol. The summed E-state index contributed by atoms with van der Waals surface area (Å²) in [6, 6.07) is 5.72. The summed E-state index contributed by atoms with van der Waals surface area (Å²) in [6.07, 6.45) is 3.38. The Kier molecular flexibility index (Phi) is 4.99. The van der Waals surface area contributed by atoms with E-state index in [0.29, 0.717) is 16.9 Å². The Morgan fingerprint density at radius 2 is 1.84 bits per heavy atom. The van der Waals surface area contributed by atoms with E-state index in [0.717, 1.165) is 27.8 Å². The van der Waals surface area contributed by atoms with Crippen molar-refractivity contribution in [1.29, 1.82) is 0 Å². The summed E-state index contributed by atoms with van der Waals surface area (Å²) < 4.78 is 5.72. The Hall–Kier alpha value is -2.47. The van der Waals surface area contributed by atoms with Crippen LogP contribution in [-0.2, 0) is 5.75 Å². The van der Waals surface area contributed by atoms with Crippen LogP contribution in [0, 0.1) is 20.8 Å². The molecule has 0 unspecified atom stereocenters. The Morgan fingerprint density at radius 3 is 2.52 bits per heavy atom. The minimum atomic E-state index is 0.0963. The van der Waals surface area contributed by atoms with Gasteiger partial charge in [0.25, 0.3) is 5.22 Å². The number of carbonyl (C=O) groups is 1. The van der Waals surface area contributed by atoms with Gasteiger partial charge in [-0.2, -0.15) is 0 Å². The van der Waals surface area contributed by atoms with Crippen LogP contribution in [0.4, 0.5) is 0 Å². The van der Waals surface area contributed by atoms with Gasteiger partial charge < -0.3 is 4.42 Å². The quantitative estimate of drug-likeness (QED) is 0.495. The maximum atomic E-state index is 11.9. The topological polar surface area (TPSA) is 68.9 Å². The Balaban J connectivity index is 1.82. The molecule has 0 radical (unpaired) electrons. The van der Waals surface area contributed by atoms with Gasteiger partial charge in [0.1, 0.15) is 0 Å². The van der Waals surface area contributed by atoms with Gasteiger partial charge >= 0.3 is 0 Å². The third-order valence-electron chi connectivity index (χ3n) is 4.16. The summed E-state index contributed by atoms with van der Waals surface area (Å²) in [6.45, 7) is 7.66. The molecule has 0 N–H and O–H groups in total. The summed E-state index contributed by atoms with van der Waals surface area (Å²) >= 11 is 1.48. The third-order valence-corrected chi connectivity index (χ3v) is 5.00. The third kappa shape index (κ3) is 3.64. The van der Waals surface area contributed by atoms with Gasteiger partial charge in [0.2, 0.25) is 5.89 Å². The standard InChI is InChI=1S/C19H19N3O2S/c1-11-9-12(2)17(14(4)23)13(3)16(11)10-25-19-22-21-18(24-19)15-5-7-20-8-6-15/h5-9H,10H2,1-4H3. The molecule has 0 bridgehead atoms. The molecule has 1 aromatic carbocycles. The second-order valence-electron chi connectivity index (χ2n) is 5.94. The molecule has 0 saturated carbocycles. The fourth-order valence-corrected chi connectivity index (χ4v) is 3.95. The number of pyridine rings is 1. The predicted octanol–water partition coefficient (Wildman–Crippen LogP) is 4.55. The number of aromatic nitrogens is 3. The van der Waals surface area contributed by atoms with Crippen molar-refractivity contribution in [1.82, 2.24) is 15.2 Å². The van der Waals surface area contributed by atoms with Crippen molar-refractivity contribution in [2.45, 2.75) is 38.7 Å². The first-order valence-corrected chi connectivity index (χ1v) is 8.93. The number of Topliss-reactive ketones (excluding diaryl/α,β-unsaturated/α-hetero) is 1. The molecular weight excluding hydrogens is 334 g/mol. The molecule has 0 amide bonds. The van der Waals surface area contributed by atoms with Crippen molar-refractivity contribution >= 4 is 17.5 Å². The van der Waals surface area contributed by atoms with Crippen LogP contribution >= 0.6 is 11.8 Å². The highest BCUT2D eigenvalue weighted by atomic mass is 32.2. The first-order chi connectivity index (χ1) is 12.0. The molecule has 0 aliphatic heterocycles. The lowest BCUT2D eigenvalue weighted by Crippen LogP contribution is -2.05. The minimum Gasteiger partial charge on any atom is -0.411 e. The van der Waals surface area contributed by atoms with E-state index in [1.54, 1.807) is 19.3 Å². The van der Waals surface area contributed by atoms with E-state index < -0.39 is 0 Å². The van der Waals surface area contributed by atoms with Crippen LogP contribution in [0.2, 0.25) is 0 Å².